The number of nitrogens with one attached hydrogen (secondary N) is 1. The van der Waals surface area contributed by atoms with Gasteiger partial charge in [-0.15, -0.1) is 0 Å². The quantitative estimate of drug-likeness (QED) is 0.753. The van der Waals surface area contributed by atoms with Crippen molar-refractivity contribution in [2.45, 2.75) is 58.4 Å². The smallest absolute Gasteiger partial charge is 0.222 e. The molecule has 16 heavy (non-hydrogen) atoms. The third-order valence-corrected chi connectivity index (χ3v) is 3.33. The van der Waals surface area contributed by atoms with Gasteiger partial charge in [0, 0.05) is 25.6 Å². The monoisotopic (exact) mass is 226 g/mol. The molecule has 1 saturated heterocycles. The first-order valence-corrected chi connectivity index (χ1v) is 6.79. The van der Waals surface area contributed by atoms with Crippen molar-refractivity contribution in [2.24, 2.45) is 0 Å². The van der Waals surface area contributed by atoms with E-state index in [1.54, 1.807) is 0 Å². The van der Waals surface area contributed by atoms with Crippen molar-refractivity contribution in [3.05, 3.63) is 0 Å². The summed E-state index contributed by atoms with van der Waals surface area (Å²) in [6.07, 6.45) is 6.65. The number of nitrogens with zero attached hydrogens (tertiary/aromatic N) is 1. The zero-order chi connectivity index (χ0) is 11.8. The fourth-order valence-corrected chi connectivity index (χ4v) is 2.24. The van der Waals surface area contributed by atoms with Gasteiger partial charge in [-0.25, -0.2) is 0 Å². The highest BCUT2D eigenvalue weighted by Gasteiger charge is 2.18. The van der Waals surface area contributed by atoms with Crippen LogP contribution in [0.4, 0.5) is 0 Å². The van der Waals surface area contributed by atoms with Gasteiger partial charge in [-0.3, -0.25) is 4.79 Å². The molecule has 3 heteroatoms. The molecule has 0 saturated carbocycles. The molecular formula is C13H26N2O. The summed E-state index contributed by atoms with van der Waals surface area (Å²) in [6, 6.07) is 0.527. The molecule has 1 aliphatic heterocycles. The summed E-state index contributed by atoms with van der Waals surface area (Å²) in [7, 11) is 0. The van der Waals surface area contributed by atoms with Crippen LogP contribution >= 0.6 is 0 Å². The van der Waals surface area contributed by atoms with Crippen LogP contribution in [0.1, 0.15) is 52.4 Å². The van der Waals surface area contributed by atoms with Gasteiger partial charge >= 0.3 is 0 Å². The van der Waals surface area contributed by atoms with Crippen molar-refractivity contribution in [1.82, 2.24) is 10.2 Å². The summed E-state index contributed by atoms with van der Waals surface area (Å²) < 4.78 is 0. The van der Waals surface area contributed by atoms with Crippen molar-refractivity contribution in [3.63, 3.8) is 0 Å². The van der Waals surface area contributed by atoms with Crippen molar-refractivity contribution >= 4 is 5.91 Å². The molecular weight excluding hydrogens is 200 g/mol. The van der Waals surface area contributed by atoms with Gasteiger partial charge in [-0.1, -0.05) is 19.8 Å². The van der Waals surface area contributed by atoms with Gasteiger partial charge in [-0.2, -0.15) is 0 Å². The second-order valence-electron chi connectivity index (χ2n) is 4.68. The van der Waals surface area contributed by atoms with E-state index in [4.69, 9.17) is 0 Å². The number of amides is 1. The van der Waals surface area contributed by atoms with Crippen LogP contribution in [-0.2, 0) is 4.79 Å². The number of hydrogen-bond donors (Lipinski definition) is 1. The third-order valence-electron chi connectivity index (χ3n) is 3.33. The van der Waals surface area contributed by atoms with Crippen LogP contribution in [0.5, 0.6) is 0 Å². The van der Waals surface area contributed by atoms with Crippen LogP contribution in [-0.4, -0.2) is 36.5 Å². The number of piperidine rings is 1. The molecule has 1 unspecified atom stereocenters. The highest BCUT2D eigenvalue weighted by Crippen LogP contribution is 2.10. The Kier molecular flexibility index (Phi) is 6.46. The maximum atomic E-state index is 11.9. The maximum Gasteiger partial charge on any atom is 0.222 e. The van der Waals surface area contributed by atoms with Crippen LogP contribution in [0.2, 0.25) is 0 Å². The molecule has 1 heterocycles. The van der Waals surface area contributed by atoms with Crippen LogP contribution < -0.4 is 5.32 Å². The first-order chi connectivity index (χ1) is 7.77. The lowest BCUT2D eigenvalue weighted by Crippen LogP contribution is -2.45. The average molecular weight is 226 g/mol. The molecule has 94 valence electrons. The predicted molar refractivity (Wildman–Crippen MR) is 67.4 cm³/mol. The van der Waals surface area contributed by atoms with Gasteiger partial charge in [0.15, 0.2) is 0 Å². The van der Waals surface area contributed by atoms with Gasteiger partial charge in [0.25, 0.3) is 0 Å². The fourth-order valence-electron chi connectivity index (χ4n) is 2.24. The number of unbranched alkanes of at least 4 members (excludes halogenated alkanes) is 1. The number of carbonyl (C=O) groups is 1. The molecule has 3 nitrogen and oxygen atoms in total. The van der Waals surface area contributed by atoms with Crippen molar-refractivity contribution < 1.29 is 4.79 Å². The Morgan fingerprint density at radius 3 is 2.75 bits per heavy atom. The summed E-state index contributed by atoms with van der Waals surface area (Å²) in [5.74, 6) is 0.330. The Balaban J connectivity index is 2.31. The molecule has 0 bridgehead atoms. The summed E-state index contributed by atoms with van der Waals surface area (Å²) in [5, 5.41) is 3.50. The van der Waals surface area contributed by atoms with Crippen molar-refractivity contribution in [2.75, 3.05) is 19.6 Å². The largest absolute Gasteiger partial charge is 0.341 e. The molecule has 1 fully saturated rings. The van der Waals surface area contributed by atoms with E-state index in [-0.39, 0.29) is 0 Å². The van der Waals surface area contributed by atoms with Crippen LogP contribution in [0.25, 0.3) is 0 Å². The van der Waals surface area contributed by atoms with E-state index in [1.807, 2.05) is 4.90 Å². The number of hydrogen-bond acceptors (Lipinski definition) is 2. The van der Waals surface area contributed by atoms with Gasteiger partial charge in [-0.05, 0) is 32.7 Å². The normalized spacial score (nSPS) is 20.8. The molecule has 1 atom stereocenters. The molecule has 0 aliphatic carbocycles. The summed E-state index contributed by atoms with van der Waals surface area (Å²) >= 11 is 0. The van der Waals surface area contributed by atoms with Gasteiger partial charge in [0.05, 0.1) is 0 Å². The van der Waals surface area contributed by atoms with Crippen LogP contribution in [0, 0.1) is 0 Å². The fraction of sp³-hybridized carbons (Fsp3) is 0.923. The average Bonchev–Trinajstić information content (AvgIpc) is 2.34. The minimum Gasteiger partial charge on any atom is -0.341 e. The first-order valence-electron chi connectivity index (χ1n) is 6.79. The lowest BCUT2D eigenvalue weighted by atomic mass is 10.0. The Hall–Kier alpha value is -0.570. The second-order valence-corrected chi connectivity index (χ2v) is 4.68. The molecule has 1 amide bonds. The SMILES string of the molecule is CCCCC(=O)N(CC)CC1CCCCN1. The Morgan fingerprint density at radius 1 is 1.38 bits per heavy atom. The van der Waals surface area contributed by atoms with Crippen molar-refractivity contribution in [1.29, 1.82) is 0 Å². The van der Waals surface area contributed by atoms with Crippen LogP contribution in [0.15, 0.2) is 0 Å². The number of carbonyl (C=O) groups excluding carboxylic acids is 1. The first kappa shape index (κ1) is 13.5. The highest BCUT2D eigenvalue weighted by molar-refractivity contribution is 5.76. The Morgan fingerprint density at radius 2 is 2.19 bits per heavy atom. The van der Waals surface area contributed by atoms with E-state index in [2.05, 4.69) is 19.2 Å². The zero-order valence-corrected chi connectivity index (χ0v) is 10.8. The minimum atomic E-state index is 0.330. The molecule has 0 aromatic heterocycles. The molecule has 1 aliphatic rings. The Labute approximate surface area is 99.6 Å². The minimum absolute atomic E-state index is 0.330. The van der Waals surface area contributed by atoms with Crippen LogP contribution in [0.3, 0.4) is 0 Å². The molecule has 0 aromatic rings. The second kappa shape index (κ2) is 7.66. The molecule has 0 spiro atoms. The van der Waals surface area contributed by atoms with E-state index in [9.17, 15) is 4.79 Å². The van der Waals surface area contributed by atoms with E-state index < -0.39 is 0 Å². The predicted octanol–water partition coefficient (Wildman–Crippen LogP) is 2.17. The zero-order valence-electron chi connectivity index (χ0n) is 10.8. The summed E-state index contributed by atoms with van der Waals surface area (Å²) in [4.78, 5) is 13.9. The summed E-state index contributed by atoms with van der Waals surface area (Å²) in [5.41, 5.74) is 0. The number of rotatable bonds is 6. The maximum absolute atomic E-state index is 11.9. The van der Waals surface area contributed by atoms with E-state index in [0.717, 1.165) is 38.9 Å². The third kappa shape index (κ3) is 4.52. The lowest BCUT2D eigenvalue weighted by molar-refractivity contribution is -0.131. The lowest BCUT2D eigenvalue weighted by Gasteiger charge is -2.30. The topological polar surface area (TPSA) is 32.3 Å². The van der Waals surface area contributed by atoms with E-state index in [0.29, 0.717) is 11.9 Å². The van der Waals surface area contributed by atoms with Gasteiger partial charge in [0.2, 0.25) is 5.91 Å². The van der Waals surface area contributed by atoms with E-state index in [1.165, 1.54) is 19.3 Å². The van der Waals surface area contributed by atoms with Crippen molar-refractivity contribution in [3.8, 4) is 0 Å². The standard InChI is InChI=1S/C13H26N2O/c1-3-5-9-13(16)15(4-2)11-12-8-6-7-10-14-12/h12,14H,3-11H2,1-2H3. The van der Waals surface area contributed by atoms with E-state index >= 15 is 0 Å². The highest BCUT2D eigenvalue weighted by atomic mass is 16.2. The molecule has 1 rings (SSSR count). The summed E-state index contributed by atoms with van der Waals surface area (Å²) in [6.45, 7) is 7.07. The molecule has 1 N–H and O–H groups in total. The Bertz CT molecular complexity index is 200. The number of likely N-dealkylation sites (N-methyl/N-ethyl adjacent to an activating group) is 1. The van der Waals surface area contributed by atoms with Gasteiger partial charge < -0.3 is 10.2 Å². The molecule has 0 aromatic carbocycles. The van der Waals surface area contributed by atoms with Gasteiger partial charge in [0.1, 0.15) is 0 Å². The molecule has 0 radical (unpaired) electrons.